The van der Waals surface area contributed by atoms with E-state index in [1.165, 1.54) is 17.8 Å². The monoisotopic (exact) mass is 480 g/mol. The lowest BCUT2D eigenvalue weighted by Crippen LogP contribution is -2.25. The van der Waals surface area contributed by atoms with Gasteiger partial charge in [-0.2, -0.15) is 0 Å². The number of para-hydroxylation sites is 1. The van der Waals surface area contributed by atoms with Gasteiger partial charge >= 0.3 is 0 Å². The first kappa shape index (κ1) is 23.7. The minimum atomic E-state index is -0.452. The molecule has 1 amide bonds. The molecule has 1 atom stereocenters. The number of fused-ring (bicyclic) bond motifs is 1. The fraction of sp³-hybridized carbons (Fsp3) is 0.280. The number of rotatable bonds is 9. The van der Waals surface area contributed by atoms with E-state index < -0.39 is 11.1 Å². The molecule has 34 heavy (non-hydrogen) atoms. The standard InChI is InChI=1S/C25H25FN4O3S/c1-4-12-30-23(15-33-22-8-6-5-7-20(22)26)27-28-25(30)34-16(2)24(32)19-9-10-21-18(14-19)11-13-29(21)17(3)31/h4-10,14,16H,1,11-13,15H2,2-3H3. The summed E-state index contributed by atoms with van der Waals surface area (Å²) in [7, 11) is 0. The van der Waals surface area contributed by atoms with Crippen LogP contribution in [-0.4, -0.2) is 38.2 Å². The molecule has 7 nitrogen and oxygen atoms in total. The number of Topliss-reactive ketones (excluding diaryl/α,β-unsaturated/α-hetero) is 1. The van der Waals surface area contributed by atoms with Crippen LogP contribution < -0.4 is 9.64 Å². The molecule has 0 radical (unpaired) electrons. The van der Waals surface area contributed by atoms with Crippen molar-refractivity contribution in [3.05, 3.63) is 77.9 Å². The van der Waals surface area contributed by atoms with Crippen molar-refractivity contribution in [2.45, 2.75) is 43.8 Å². The molecule has 1 unspecified atom stereocenters. The normalized spacial score (nSPS) is 13.4. The number of benzene rings is 2. The van der Waals surface area contributed by atoms with Crippen LogP contribution in [0.4, 0.5) is 10.1 Å². The predicted molar refractivity (Wildman–Crippen MR) is 129 cm³/mol. The minimum absolute atomic E-state index is 0.00177. The Hall–Kier alpha value is -3.46. The summed E-state index contributed by atoms with van der Waals surface area (Å²) in [5.41, 5.74) is 2.47. The van der Waals surface area contributed by atoms with Crippen LogP contribution in [0.2, 0.25) is 0 Å². The number of aromatic nitrogens is 3. The molecule has 9 heteroatoms. The lowest BCUT2D eigenvalue weighted by atomic mass is 10.0. The largest absolute Gasteiger partial charge is 0.483 e. The zero-order valence-electron chi connectivity index (χ0n) is 19.0. The van der Waals surface area contributed by atoms with E-state index in [1.807, 2.05) is 19.1 Å². The minimum Gasteiger partial charge on any atom is -0.483 e. The highest BCUT2D eigenvalue weighted by atomic mass is 32.2. The summed E-state index contributed by atoms with van der Waals surface area (Å²) in [6, 6.07) is 11.6. The number of carbonyl (C=O) groups excluding carboxylic acids is 2. The Kier molecular flexibility index (Phi) is 7.12. The second kappa shape index (κ2) is 10.2. The summed E-state index contributed by atoms with van der Waals surface area (Å²) in [5, 5.41) is 8.55. The summed E-state index contributed by atoms with van der Waals surface area (Å²) in [4.78, 5) is 26.6. The Balaban J connectivity index is 1.48. The number of nitrogens with zero attached hydrogens (tertiary/aromatic N) is 4. The average Bonchev–Trinajstić information content (AvgIpc) is 3.42. The van der Waals surface area contributed by atoms with Gasteiger partial charge in [-0.05, 0) is 49.2 Å². The van der Waals surface area contributed by atoms with E-state index in [-0.39, 0.29) is 24.0 Å². The molecule has 0 spiro atoms. The molecule has 3 aromatic rings. The van der Waals surface area contributed by atoms with Crippen LogP contribution in [0.25, 0.3) is 0 Å². The van der Waals surface area contributed by atoms with E-state index >= 15 is 0 Å². The molecule has 0 N–H and O–H groups in total. The van der Waals surface area contributed by atoms with E-state index in [2.05, 4.69) is 16.8 Å². The van der Waals surface area contributed by atoms with Crippen molar-refractivity contribution in [1.82, 2.24) is 14.8 Å². The van der Waals surface area contributed by atoms with Crippen molar-refractivity contribution in [1.29, 1.82) is 0 Å². The van der Waals surface area contributed by atoms with Crippen molar-refractivity contribution in [3.63, 3.8) is 0 Å². The van der Waals surface area contributed by atoms with Crippen LogP contribution in [0, 0.1) is 5.82 Å². The first-order chi connectivity index (χ1) is 16.4. The predicted octanol–water partition coefficient (Wildman–Crippen LogP) is 4.45. The molecule has 0 fully saturated rings. The van der Waals surface area contributed by atoms with Crippen LogP contribution in [0.15, 0.2) is 60.3 Å². The van der Waals surface area contributed by atoms with Gasteiger partial charge in [0.15, 0.2) is 28.3 Å². The van der Waals surface area contributed by atoms with Crippen molar-refractivity contribution < 1.29 is 18.7 Å². The van der Waals surface area contributed by atoms with Gasteiger partial charge in [-0.3, -0.25) is 14.2 Å². The van der Waals surface area contributed by atoms with E-state index in [9.17, 15) is 14.0 Å². The van der Waals surface area contributed by atoms with E-state index in [0.29, 0.717) is 29.6 Å². The van der Waals surface area contributed by atoms with Crippen molar-refractivity contribution in [2.24, 2.45) is 0 Å². The van der Waals surface area contributed by atoms with Crippen molar-refractivity contribution in [2.75, 3.05) is 11.4 Å². The molecule has 2 aromatic carbocycles. The van der Waals surface area contributed by atoms with Crippen LogP contribution in [0.3, 0.4) is 0 Å². The average molecular weight is 481 g/mol. The smallest absolute Gasteiger partial charge is 0.223 e. The first-order valence-electron chi connectivity index (χ1n) is 10.9. The number of amides is 1. The molecule has 1 aliphatic rings. The maximum atomic E-state index is 13.9. The number of anilines is 1. The molecule has 0 saturated carbocycles. The second-order valence-corrected chi connectivity index (χ2v) is 9.21. The van der Waals surface area contributed by atoms with Crippen LogP contribution in [0.1, 0.15) is 35.6 Å². The highest BCUT2D eigenvalue weighted by Crippen LogP contribution is 2.31. The summed E-state index contributed by atoms with van der Waals surface area (Å²) < 4.78 is 21.2. The first-order valence-corrected chi connectivity index (χ1v) is 11.8. The van der Waals surface area contributed by atoms with Gasteiger partial charge in [0, 0.05) is 31.3 Å². The molecular formula is C25H25FN4O3S. The topological polar surface area (TPSA) is 77.3 Å². The Morgan fingerprint density at radius 3 is 2.79 bits per heavy atom. The van der Waals surface area contributed by atoms with Gasteiger partial charge in [0.2, 0.25) is 5.91 Å². The SMILES string of the molecule is C=CCn1c(COc2ccccc2F)nnc1SC(C)C(=O)c1ccc2c(c1)CCN2C(C)=O. The number of allylic oxidation sites excluding steroid dienone is 1. The quantitative estimate of drug-likeness (QED) is 0.256. The summed E-state index contributed by atoms with van der Waals surface area (Å²) in [5.74, 6) is 0.150. The lowest BCUT2D eigenvalue weighted by molar-refractivity contribution is -0.116. The van der Waals surface area contributed by atoms with E-state index in [1.54, 1.807) is 46.7 Å². The van der Waals surface area contributed by atoms with Crippen LogP contribution >= 0.6 is 11.8 Å². The zero-order valence-corrected chi connectivity index (χ0v) is 19.8. The number of carbonyl (C=O) groups is 2. The number of halogens is 1. The number of hydrogen-bond donors (Lipinski definition) is 0. The van der Waals surface area contributed by atoms with E-state index in [4.69, 9.17) is 4.74 Å². The molecule has 176 valence electrons. The Morgan fingerprint density at radius 1 is 1.26 bits per heavy atom. The number of ketones is 1. The van der Waals surface area contributed by atoms with E-state index in [0.717, 1.165) is 17.7 Å². The molecule has 0 bridgehead atoms. The maximum absolute atomic E-state index is 13.9. The van der Waals surface area contributed by atoms with Gasteiger partial charge < -0.3 is 9.64 Å². The number of hydrogen-bond acceptors (Lipinski definition) is 6. The molecule has 4 rings (SSSR count). The van der Waals surface area contributed by atoms with Gasteiger partial charge in [0.05, 0.1) is 5.25 Å². The van der Waals surface area contributed by atoms with Crippen molar-refractivity contribution in [3.8, 4) is 5.75 Å². The molecule has 0 saturated heterocycles. The second-order valence-electron chi connectivity index (χ2n) is 7.91. The third kappa shape index (κ3) is 4.89. The van der Waals surface area contributed by atoms with Gasteiger partial charge in [-0.25, -0.2) is 4.39 Å². The summed E-state index contributed by atoms with van der Waals surface area (Å²) in [6.45, 7) is 8.24. The Bertz CT molecular complexity index is 1240. The van der Waals surface area contributed by atoms with Gasteiger partial charge in [0.1, 0.15) is 6.61 Å². The molecule has 1 aromatic heterocycles. The third-order valence-electron chi connectivity index (χ3n) is 5.59. The van der Waals surface area contributed by atoms with Crippen molar-refractivity contribution >= 4 is 29.1 Å². The zero-order chi connectivity index (χ0) is 24.2. The molecular weight excluding hydrogens is 455 g/mol. The number of thioether (sulfide) groups is 1. The van der Waals surface area contributed by atoms with Gasteiger partial charge in [0.25, 0.3) is 0 Å². The molecule has 1 aliphatic heterocycles. The van der Waals surface area contributed by atoms with Gasteiger partial charge in [-0.1, -0.05) is 30.0 Å². The highest BCUT2D eigenvalue weighted by molar-refractivity contribution is 8.00. The maximum Gasteiger partial charge on any atom is 0.223 e. The highest BCUT2D eigenvalue weighted by Gasteiger charge is 2.26. The fourth-order valence-corrected chi connectivity index (χ4v) is 4.81. The summed E-state index contributed by atoms with van der Waals surface area (Å²) in [6.07, 6.45) is 2.43. The van der Waals surface area contributed by atoms with Gasteiger partial charge in [-0.15, -0.1) is 16.8 Å². The molecule has 2 heterocycles. The third-order valence-corrected chi connectivity index (χ3v) is 6.67. The van der Waals surface area contributed by atoms with Crippen LogP contribution in [-0.2, 0) is 24.4 Å². The number of ether oxygens (including phenoxy) is 1. The molecule has 0 aliphatic carbocycles. The fourth-order valence-electron chi connectivity index (χ4n) is 3.86. The van der Waals surface area contributed by atoms with Crippen LogP contribution in [0.5, 0.6) is 5.75 Å². The summed E-state index contributed by atoms with van der Waals surface area (Å²) >= 11 is 1.30. The lowest BCUT2D eigenvalue weighted by Gasteiger charge is -2.15. The Labute approximate surface area is 201 Å². The Morgan fingerprint density at radius 2 is 2.06 bits per heavy atom.